The van der Waals surface area contributed by atoms with Crippen LogP contribution in [0.2, 0.25) is 0 Å². The summed E-state index contributed by atoms with van der Waals surface area (Å²) < 4.78 is 24.3. The number of rotatable bonds is 4. The lowest BCUT2D eigenvalue weighted by Crippen LogP contribution is -2.69. The van der Waals surface area contributed by atoms with Gasteiger partial charge in [0.15, 0.2) is 9.84 Å². The van der Waals surface area contributed by atoms with Gasteiger partial charge in [-0.05, 0) is 27.2 Å². The van der Waals surface area contributed by atoms with E-state index in [0.717, 1.165) is 5.69 Å². The van der Waals surface area contributed by atoms with E-state index in [9.17, 15) is 13.2 Å². The summed E-state index contributed by atoms with van der Waals surface area (Å²) in [5.74, 6) is 0.721. The van der Waals surface area contributed by atoms with Crippen LogP contribution in [0.15, 0.2) is 6.07 Å². The van der Waals surface area contributed by atoms with E-state index in [1.165, 1.54) is 0 Å². The molecule has 0 aromatic carbocycles. The van der Waals surface area contributed by atoms with Crippen molar-refractivity contribution in [2.45, 2.75) is 38.0 Å². The van der Waals surface area contributed by atoms with Gasteiger partial charge < -0.3 is 15.1 Å². The molecule has 2 saturated heterocycles. The van der Waals surface area contributed by atoms with Crippen molar-refractivity contribution in [3.05, 3.63) is 11.8 Å². The zero-order valence-corrected chi connectivity index (χ0v) is 16.8. The fourth-order valence-corrected chi connectivity index (χ4v) is 6.08. The molecule has 0 saturated carbocycles. The van der Waals surface area contributed by atoms with Gasteiger partial charge >= 0.3 is 0 Å². The molecule has 1 N–H and O–H groups in total. The minimum absolute atomic E-state index is 0.0725. The fourth-order valence-electron chi connectivity index (χ4n) is 3.77. The number of nitrogens with one attached hydrogen (secondary N) is 1. The second kappa shape index (κ2) is 6.37. The molecule has 1 amide bonds. The lowest BCUT2D eigenvalue weighted by atomic mass is 9.82. The zero-order chi connectivity index (χ0) is 19.3. The SMILES string of the molecule is CNC(=O)C1CCS(=O)(=O)C12CN(c1cc(C)nc(N(C)C(C)C)n1)C2. The lowest BCUT2D eigenvalue weighted by molar-refractivity contribution is -0.125. The van der Waals surface area contributed by atoms with Crippen molar-refractivity contribution < 1.29 is 13.2 Å². The van der Waals surface area contributed by atoms with E-state index in [4.69, 9.17) is 0 Å². The van der Waals surface area contributed by atoms with Crippen LogP contribution < -0.4 is 15.1 Å². The van der Waals surface area contributed by atoms with E-state index >= 15 is 0 Å². The Kier molecular flexibility index (Phi) is 4.62. The molecule has 0 bridgehead atoms. The molecule has 3 rings (SSSR count). The number of carbonyl (C=O) groups is 1. The summed E-state index contributed by atoms with van der Waals surface area (Å²) in [6.07, 6.45) is 0.389. The highest BCUT2D eigenvalue weighted by Gasteiger charge is 2.64. The third-order valence-electron chi connectivity index (χ3n) is 5.65. The minimum atomic E-state index is -3.30. The van der Waals surface area contributed by atoms with Crippen molar-refractivity contribution in [1.82, 2.24) is 15.3 Å². The molecule has 2 aliphatic rings. The summed E-state index contributed by atoms with van der Waals surface area (Å²) in [6.45, 7) is 6.62. The Labute approximate surface area is 154 Å². The van der Waals surface area contributed by atoms with Gasteiger partial charge in [0.25, 0.3) is 0 Å². The maximum atomic E-state index is 12.7. The predicted octanol–water partition coefficient (Wildman–Crippen LogP) is 0.369. The van der Waals surface area contributed by atoms with Crippen LogP contribution in [0.1, 0.15) is 26.0 Å². The molecule has 1 atom stereocenters. The van der Waals surface area contributed by atoms with Crippen LogP contribution in [0, 0.1) is 12.8 Å². The Balaban J connectivity index is 1.88. The fraction of sp³-hybridized carbons (Fsp3) is 0.706. The molecule has 26 heavy (non-hydrogen) atoms. The first-order valence-corrected chi connectivity index (χ1v) is 10.5. The van der Waals surface area contributed by atoms with Crippen molar-refractivity contribution in [3.8, 4) is 0 Å². The minimum Gasteiger partial charge on any atom is -0.359 e. The number of aryl methyl sites for hydroxylation is 1. The van der Waals surface area contributed by atoms with E-state index < -0.39 is 20.5 Å². The smallest absolute Gasteiger partial charge is 0.227 e. The van der Waals surface area contributed by atoms with Crippen LogP contribution in [0.5, 0.6) is 0 Å². The van der Waals surface area contributed by atoms with E-state index in [2.05, 4.69) is 29.1 Å². The maximum absolute atomic E-state index is 12.7. The number of anilines is 2. The standard InChI is InChI=1S/C17H27N5O3S/c1-11(2)21(5)16-19-12(3)8-14(20-16)22-9-17(10-22)13(15(23)18-4)6-7-26(17,24)25/h8,11,13H,6-7,9-10H2,1-5H3,(H,18,23). The van der Waals surface area contributed by atoms with Gasteiger partial charge in [-0.1, -0.05) is 0 Å². The van der Waals surface area contributed by atoms with Gasteiger partial charge in [-0.3, -0.25) is 4.79 Å². The Hall–Kier alpha value is -1.90. The molecule has 1 spiro atoms. The predicted molar refractivity (Wildman–Crippen MR) is 101 cm³/mol. The van der Waals surface area contributed by atoms with Crippen molar-refractivity contribution >= 4 is 27.5 Å². The van der Waals surface area contributed by atoms with E-state index in [1.54, 1.807) is 7.05 Å². The number of aromatic nitrogens is 2. The Morgan fingerprint density at radius 2 is 2.04 bits per heavy atom. The third-order valence-corrected chi connectivity index (χ3v) is 8.21. The molecule has 144 valence electrons. The van der Waals surface area contributed by atoms with Crippen molar-refractivity contribution in [3.63, 3.8) is 0 Å². The molecular formula is C17H27N5O3S. The molecule has 0 aliphatic carbocycles. The summed E-state index contributed by atoms with van der Waals surface area (Å²) in [5, 5.41) is 2.61. The topological polar surface area (TPSA) is 95.5 Å². The number of nitrogens with zero attached hydrogens (tertiary/aromatic N) is 4. The molecule has 1 aromatic heterocycles. The quantitative estimate of drug-likeness (QED) is 0.805. The second-order valence-corrected chi connectivity index (χ2v) is 10.0. The van der Waals surface area contributed by atoms with Gasteiger partial charge in [0.2, 0.25) is 11.9 Å². The van der Waals surface area contributed by atoms with Crippen molar-refractivity contribution in [1.29, 1.82) is 0 Å². The molecule has 8 nitrogen and oxygen atoms in total. The third kappa shape index (κ3) is 2.82. The summed E-state index contributed by atoms with van der Waals surface area (Å²) in [6, 6.07) is 2.11. The highest BCUT2D eigenvalue weighted by atomic mass is 32.2. The number of hydrogen-bond acceptors (Lipinski definition) is 7. The molecular weight excluding hydrogens is 354 g/mol. The van der Waals surface area contributed by atoms with Gasteiger partial charge in [0.1, 0.15) is 10.6 Å². The van der Waals surface area contributed by atoms with Crippen LogP contribution in [-0.2, 0) is 14.6 Å². The van der Waals surface area contributed by atoms with Gasteiger partial charge in [-0.25, -0.2) is 13.4 Å². The number of sulfone groups is 1. The van der Waals surface area contributed by atoms with E-state index in [1.807, 2.05) is 29.8 Å². The Morgan fingerprint density at radius 1 is 1.38 bits per heavy atom. The Bertz CT molecular complexity index is 818. The molecule has 3 heterocycles. The summed E-state index contributed by atoms with van der Waals surface area (Å²) in [5.41, 5.74) is 0.829. The van der Waals surface area contributed by atoms with Crippen LogP contribution in [0.3, 0.4) is 0 Å². The molecule has 1 aromatic rings. The first-order chi connectivity index (χ1) is 12.1. The lowest BCUT2D eigenvalue weighted by Gasteiger charge is -2.50. The van der Waals surface area contributed by atoms with Crippen molar-refractivity contribution in [2.75, 3.05) is 42.7 Å². The largest absolute Gasteiger partial charge is 0.359 e. The number of hydrogen-bond donors (Lipinski definition) is 1. The van der Waals surface area contributed by atoms with Crippen molar-refractivity contribution in [2.24, 2.45) is 5.92 Å². The van der Waals surface area contributed by atoms with Crippen LogP contribution in [-0.4, -0.2) is 68.0 Å². The van der Waals surface area contributed by atoms with Crippen LogP contribution in [0.25, 0.3) is 0 Å². The molecule has 2 fully saturated rings. The van der Waals surface area contributed by atoms with Gasteiger partial charge in [-0.2, -0.15) is 4.98 Å². The van der Waals surface area contributed by atoms with Gasteiger partial charge in [0.05, 0.1) is 11.7 Å². The van der Waals surface area contributed by atoms with Crippen LogP contribution >= 0.6 is 0 Å². The molecule has 0 radical (unpaired) electrons. The molecule has 1 unspecified atom stereocenters. The maximum Gasteiger partial charge on any atom is 0.227 e. The highest BCUT2D eigenvalue weighted by Crippen LogP contribution is 2.46. The molecule has 2 aliphatic heterocycles. The number of amides is 1. The van der Waals surface area contributed by atoms with Gasteiger partial charge in [0, 0.05) is 45.0 Å². The first kappa shape index (κ1) is 18.9. The summed E-state index contributed by atoms with van der Waals surface area (Å²) in [4.78, 5) is 25.2. The van der Waals surface area contributed by atoms with Gasteiger partial charge in [-0.15, -0.1) is 0 Å². The molecule has 9 heteroatoms. The first-order valence-electron chi connectivity index (χ1n) is 8.88. The average Bonchev–Trinajstić information content (AvgIpc) is 2.82. The monoisotopic (exact) mass is 381 g/mol. The normalized spacial score (nSPS) is 23.2. The van der Waals surface area contributed by atoms with Crippen LogP contribution in [0.4, 0.5) is 11.8 Å². The summed E-state index contributed by atoms with van der Waals surface area (Å²) in [7, 11) is 0.188. The highest BCUT2D eigenvalue weighted by molar-refractivity contribution is 7.93. The summed E-state index contributed by atoms with van der Waals surface area (Å²) >= 11 is 0. The average molecular weight is 382 g/mol. The van der Waals surface area contributed by atoms with E-state index in [-0.39, 0.29) is 17.7 Å². The van der Waals surface area contributed by atoms with E-state index in [0.29, 0.717) is 31.3 Å². The number of carbonyl (C=O) groups excluding carboxylic acids is 1. The Morgan fingerprint density at radius 3 is 2.62 bits per heavy atom. The second-order valence-electron chi connectivity index (χ2n) is 7.57. The zero-order valence-electron chi connectivity index (χ0n) is 16.0.